The molecule has 212 valence electrons. The zero-order chi connectivity index (χ0) is 27.9. The van der Waals surface area contributed by atoms with Gasteiger partial charge in [-0.2, -0.15) is 0 Å². The number of aromatic nitrogens is 2. The summed E-state index contributed by atoms with van der Waals surface area (Å²) in [5, 5.41) is 18.4. The summed E-state index contributed by atoms with van der Waals surface area (Å²) < 4.78 is 5.30. The van der Waals surface area contributed by atoms with E-state index >= 15 is 0 Å². The van der Waals surface area contributed by atoms with Gasteiger partial charge in [-0.1, -0.05) is 32.0 Å². The topological polar surface area (TPSA) is 153 Å². The number of aryl methyl sites for hydroxylation is 1. The van der Waals surface area contributed by atoms with Crippen molar-refractivity contribution in [1.82, 2.24) is 15.5 Å². The number of benzene rings is 1. The number of urea groups is 1. The Kier molecular flexibility index (Phi) is 8.08. The van der Waals surface area contributed by atoms with Crippen molar-refractivity contribution in [3.8, 4) is 0 Å². The van der Waals surface area contributed by atoms with Crippen molar-refractivity contribution in [2.75, 3.05) is 27.8 Å². The number of halogens is 1. The minimum atomic E-state index is -0.483. The maximum atomic E-state index is 12.9. The first-order chi connectivity index (χ1) is 18.5. The second-order valence-corrected chi connectivity index (χ2v) is 11.0. The van der Waals surface area contributed by atoms with Gasteiger partial charge >= 0.3 is 6.03 Å². The lowest BCUT2D eigenvalue weighted by Crippen LogP contribution is -2.35. The van der Waals surface area contributed by atoms with E-state index in [-0.39, 0.29) is 35.7 Å². The first-order valence-electron chi connectivity index (χ1n) is 13.0. The fourth-order valence-electron chi connectivity index (χ4n) is 4.75. The third-order valence-corrected chi connectivity index (χ3v) is 6.94. The van der Waals surface area contributed by atoms with Crippen molar-refractivity contribution in [3.63, 3.8) is 0 Å². The number of aromatic amines is 1. The summed E-state index contributed by atoms with van der Waals surface area (Å²) in [6, 6.07) is 6.22. The monoisotopic (exact) mass is 567 g/mol. The Balaban J connectivity index is 0.00000370. The van der Waals surface area contributed by atoms with Crippen LogP contribution in [0, 0.1) is 13.8 Å². The smallest absolute Gasteiger partial charge is 0.324 e. The number of nitrogens with zero attached hydrogens (tertiary/aromatic N) is 1. The highest BCUT2D eigenvalue weighted by molar-refractivity contribution is 6.35. The zero-order valence-electron chi connectivity index (χ0n) is 23.1. The average Bonchev–Trinajstić information content (AvgIpc) is 3.65. The van der Waals surface area contributed by atoms with Crippen molar-refractivity contribution in [2.45, 2.75) is 58.9 Å². The first kappa shape index (κ1) is 28.9. The van der Waals surface area contributed by atoms with Gasteiger partial charge in [0, 0.05) is 34.1 Å². The van der Waals surface area contributed by atoms with E-state index in [1.807, 2.05) is 34.6 Å². The van der Waals surface area contributed by atoms with E-state index < -0.39 is 6.03 Å². The number of amides is 4. The van der Waals surface area contributed by atoms with Crippen molar-refractivity contribution < 1.29 is 18.9 Å². The van der Waals surface area contributed by atoms with Crippen molar-refractivity contribution >= 4 is 64.8 Å². The molecule has 4 heterocycles. The molecule has 3 aromatic rings. The molecule has 0 bridgehead atoms. The molecule has 0 aliphatic carbocycles. The maximum absolute atomic E-state index is 12.9. The SMILES string of the molecule is Cc1[nH]c(/C=C2\C(=O)Nc3cc(NC(=O)Nc4cc(C(C)(C)C)on4)ccc32)c(C)c1NC(=O)[C@@H]1CCCN1.Cl. The molecule has 2 aromatic heterocycles. The van der Waals surface area contributed by atoms with Gasteiger partial charge < -0.3 is 30.8 Å². The molecule has 0 radical (unpaired) electrons. The molecular formula is C28H34ClN7O4. The molecule has 1 atom stereocenters. The van der Waals surface area contributed by atoms with Crippen LogP contribution in [-0.4, -0.2) is 40.6 Å². The molecule has 1 aromatic carbocycles. The molecule has 2 aliphatic rings. The van der Waals surface area contributed by atoms with Gasteiger partial charge in [-0.25, -0.2) is 4.79 Å². The summed E-state index contributed by atoms with van der Waals surface area (Å²) in [5.74, 6) is 0.661. The van der Waals surface area contributed by atoms with E-state index in [9.17, 15) is 14.4 Å². The van der Waals surface area contributed by atoms with Gasteiger partial charge in [0.25, 0.3) is 5.91 Å². The molecule has 0 spiro atoms. The number of hydrogen-bond acceptors (Lipinski definition) is 6. The Morgan fingerprint density at radius 2 is 1.90 bits per heavy atom. The minimum absolute atomic E-state index is 0. The molecule has 4 amide bonds. The second-order valence-electron chi connectivity index (χ2n) is 11.0. The van der Waals surface area contributed by atoms with Crippen LogP contribution in [0.1, 0.15) is 61.9 Å². The number of fused-ring (bicyclic) bond motifs is 1. The molecule has 1 saturated heterocycles. The van der Waals surface area contributed by atoms with Crippen LogP contribution in [0.3, 0.4) is 0 Å². The lowest BCUT2D eigenvalue weighted by Gasteiger charge is -2.12. The van der Waals surface area contributed by atoms with Crippen molar-refractivity contribution in [1.29, 1.82) is 0 Å². The predicted molar refractivity (Wildman–Crippen MR) is 158 cm³/mol. The van der Waals surface area contributed by atoms with Crippen molar-refractivity contribution in [2.24, 2.45) is 0 Å². The Bertz CT molecular complexity index is 1490. The van der Waals surface area contributed by atoms with Gasteiger partial charge in [-0.3, -0.25) is 14.9 Å². The number of carbonyl (C=O) groups is 3. The lowest BCUT2D eigenvalue weighted by molar-refractivity contribution is -0.117. The van der Waals surface area contributed by atoms with Gasteiger partial charge in [0.15, 0.2) is 5.82 Å². The largest absolute Gasteiger partial charge is 0.359 e. The molecule has 1 fully saturated rings. The number of rotatable bonds is 5. The third kappa shape index (κ3) is 5.90. The quantitative estimate of drug-likeness (QED) is 0.234. The second kappa shape index (κ2) is 11.2. The highest BCUT2D eigenvalue weighted by Gasteiger charge is 2.27. The molecule has 5 rings (SSSR count). The van der Waals surface area contributed by atoms with Crippen LogP contribution in [0.25, 0.3) is 11.6 Å². The number of carbonyl (C=O) groups excluding carboxylic acids is 3. The Morgan fingerprint density at radius 1 is 1.12 bits per heavy atom. The Labute approximate surface area is 238 Å². The summed E-state index contributed by atoms with van der Waals surface area (Å²) in [4.78, 5) is 41.3. The maximum Gasteiger partial charge on any atom is 0.324 e. The summed E-state index contributed by atoms with van der Waals surface area (Å²) in [6.07, 6.45) is 3.58. The molecule has 0 unspecified atom stereocenters. The van der Waals surface area contributed by atoms with Gasteiger partial charge in [0.2, 0.25) is 5.91 Å². The standard InChI is InChI=1S/C28H33N7O4.ClH/c1-14-20(30-15(2)24(14)34-26(37)19-7-6-10-29-19)12-18-17-9-8-16(11-21(17)32-25(18)36)31-27(38)33-23-13-22(39-35-23)28(3,4)5;/h8-9,11-13,19,29-30H,6-7,10H2,1-5H3,(H,32,36)(H,34,37)(H2,31,33,35,38);1H/b18-12-;/t19-;/m0./s1. The Hall–Kier alpha value is -4.09. The summed E-state index contributed by atoms with van der Waals surface area (Å²) >= 11 is 0. The van der Waals surface area contributed by atoms with E-state index in [1.54, 1.807) is 30.3 Å². The highest BCUT2D eigenvalue weighted by atomic mass is 35.5. The van der Waals surface area contributed by atoms with E-state index in [2.05, 4.69) is 36.7 Å². The average molecular weight is 568 g/mol. The summed E-state index contributed by atoms with van der Waals surface area (Å²) in [5.41, 5.74) is 5.19. The van der Waals surface area contributed by atoms with E-state index in [0.29, 0.717) is 34.1 Å². The van der Waals surface area contributed by atoms with E-state index in [4.69, 9.17) is 4.52 Å². The molecule has 2 aliphatic heterocycles. The number of anilines is 4. The van der Waals surface area contributed by atoms with Crippen LogP contribution in [-0.2, 0) is 15.0 Å². The molecule has 0 saturated carbocycles. The summed E-state index contributed by atoms with van der Waals surface area (Å²) in [6.45, 7) is 10.6. The molecular weight excluding hydrogens is 534 g/mol. The zero-order valence-corrected chi connectivity index (χ0v) is 23.9. The first-order valence-corrected chi connectivity index (χ1v) is 13.0. The van der Waals surface area contributed by atoms with E-state index in [1.165, 1.54) is 0 Å². The van der Waals surface area contributed by atoms with E-state index in [0.717, 1.165) is 42.0 Å². The number of H-pyrrole nitrogens is 1. The summed E-state index contributed by atoms with van der Waals surface area (Å²) in [7, 11) is 0. The van der Waals surface area contributed by atoms with Crippen LogP contribution < -0.4 is 26.6 Å². The van der Waals surface area contributed by atoms with Crippen LogP contribution in [0.4, 0.5) is 27.7 Å². The molecule has 40 heavy (non-hydrogen) atoms. The third-order valence-electron chi connectivity index (χ3n) is 6.94. The lowest BCUT2D eigenvalue weighted by atomic mass is 9.93. The van der Waals surface area contributed by atoms with Crippen LogP contribution in [0.5, 0.6) is 0 Å². The Morgan fingerprint density at radius 3 is 2.58 bits per heavy atom. The minimum Gasteiger partial charge on any atom is -0.359 e. The van der Waals surface area contributed by atoms with Gasteiger partial charge in [-0.15, -0.1) is 12.4 Å². The van der Waals surface area contributed by atoms with Crippen LogP contribution in [0.2, 0.25) is 0 Å². The van der Waals surface area contributed by atoms with Gasteiger partial charge in [-0.05, 0) is 57.0 Å². The molecule has 6 N–H and O–H groups in total. The van der Waals surface area contributed by atoms with Gasteiger partial charge in [0.05, 0.1) is 23.0 Å². The van der Waals surface area contributed by atoms with Gasteiger partial charge in [0.1, 0.15) is 5.76 Å². The molecule has 12 heteroatoms. The number of nitrogens with one attached hydrogen (secondary N) is 6. The molecule has 11 nitrogen and oxygen atoms in total. The van der Waals surface area contributed by atoms with Crippen LogP contribution >= 0.6 is 12.4 Å². The fraction of sp³-hybridized carbons (Fsp3) is 0.357. The van der Waals surface area contributed by atoms with Crippen LogP contribution in [0.15, 0.2) is 28.8 Å². The fourth-order valence-corrected chi connectivity index (χ4v) is 4.75. The predicted octanol–water partition coefficient (Wildman–Crippen LogP) is 5.17. The van der Waals surface area contributed by atoms with Crippen molar-refractivity contribution in [3.05, 3.63) is 52.5 Å². The normalized spacial score (nSPS) is 17.3. The number of hydrogen-bond donors (Lipinski definition) is 6. The highest BCUT2D eigenvalue weighted by Crippen LogP contribution is 2.36.